The molecule has 0 aromatic heterocycles. The highest BCUT2D eigenvalue weighted by Gasteiger charge is 2.36. The van der Waals surface area contributed by atoms with Gasteiger partial charge in [0.15, 0.2) is 0 Å². The fraction of sp³-hybridized carbons (Fsp3) is 0.562. The Morgan fingerprint density at radius 2 is 1.89 bits per heavy atom. The fourth-order valence-electron chi connectivity index (χ4n) is 2.66. The van der Waals surface area contributed by atoms with Crippen molar-refractivity contribution in [3.05, 3.63) is 35.9 Å². The number of ether oxygens (including phenoxy) is 1. The SMILES string of the molecule is C[C@@H]1[C@H](c2ccccc2)CCN1C(=O)OC(C)(C)C. The quantitative estimate of drug-likeness (QED) is 0.769. The molecule has 3 nitrogen and oxygen atoms in total. The minimum absolute atomic E-state index is 0.192. The van der Waals surface area contributed by atoms with Gasteiger partial charge < -0.3 is 9.64 Å². The largest absolute Gasteiger partial charge is 0.444 e. The molecular formula is C16H23NO2. The zero-order valence-electron chi connectivity index (χ0n) is 12.2. The monoisotopic (exact) mass is 261 g/mol. The molecule has 1 aliphatic heterocycles. The van der Waals surface area contributed by atoms with E-state index in [4.69, 9.17) is 4.74 Å². The van der Waals surface area contributed by atoms with Crippen molar-refractivity contribution in [1.29, 1.82) is 0 Å². The Labute approximate surface area is 115 Å². The summed E-state index contributed by atoms with van der Waals surface area (Å²) < 4.78 is 5.46. The Hall–Kier alpha value is -1.51. The molecule has 0 bridgehead atoms. The van der Waals surface area contributed by atoms with E-state index in [0.717, 1.165) is 13.0 Å². The maximum atomic E-state index is 12.2. The highest BCUT2D eigenvalue weighted by Crippen LogP contribution is 2.33. The maximum Gasteiger partial charge on any atom is 0.410 e. The van der Waals surface area contributed by atoms with Gasteiger partial charge in [-0.25, -0.2) is 4.79 Å². The predicted octanol–water partition coefficient (Wildman–Crippen LogP) is 3.80. The smallest absolute Gasteiger partial charge is 0.410 e. The molecule has 0 unspecified atom stereocenters. The molecule has 1 aliphatic rings. The Morgan fingerprint density at radius 3 is 2.47 bits per heavy atom. The number of rotatable bonds is 1. The molecule has 1 amide bonds. The van der Waals surface area contributed by atoms with Gasteiger partial charge >= 0.3 is 6.09 Å². The van der Waals surface area contributed by atoms with E-state index >= 15 is 0 Å². The number of benzene rings is 1. The Bertz CT molecular complexity index is 436. The van der Waals surface area contributed by atoms with E-state index in [1.807, 2.05) is 31.7 Å². The summed E-state index contributed by atoms with van der Waals surface area (Å²) in [6.45, 7) is 8.59. The van der Waals surface area contributed by atoms with Gasteiger partial charge in [-0.1, -0.05) is 30.3 Å². The Morgan fingerprint density at radius 1 is 1.26 bits per heavy atom. The average molecular weight is 261 g/mol. The van der Waals surface area contributed by atoms with E-state index in [0.29, 0.717) is 5.92 Å². The molecule has 0 radical (unpaired) electrons. The molecule has 1 aromatic carbocycles. The molecule has 1 heterocycles. The number of carbonyl (C=O) groups excluding carboxylic acids is 1. The first-order valence-corrected chi connectivity index (χ1v) is 6.93. The third-order valence-electron chi connectivity index (χ3n) is 3.61. The summed E-state index contributed by atoms with van der Waals surface area (Å²) in [6, 6.07) is 10.6. The van der Waals surface area contributed by atoms with Gasteiger partial charge in [0.1, 0.15) is 5.60 Å². The van der Waals surface area contributed by atoms with Crippen LogP contribution in [-0.4, -0.2) is 29.2 Å². The summed E-state index contributed by atoms with van der Waals surface area (Å²) >= 11 is 0. The second-order valence-electron chi connectivity index (χ2n) is 6.22. The maximum absolute atomic E-state index is 12.2. The van der Waals surface area contributed by atoms with Gasteiger partial charge in [-0.05, 0) is 39.7 Å². The minimum atomic E-state index is -0.429. The lowest BCUT2D eigenvalue weighted by Gasteiger charge is -2.28. The second kappa shape index (κ2) is 5.24. The summed E-state index contributed by atoms with van der Waals surface area (Å²) in [5.74, 6) is 0.411. The number of carbonyl (C=O) groups is 1. The van der Waals surface area contributed by atoms with Crippen LogP contribution >= 0.6 is 0 Å². The topological polar surface area (TPSA) is 29.5 Å². The summed E-state index contributed by atoms with van der Waals surface area (Å²) in [6.07, 6.45) is 0.808. The lowest BCUT2D eigenvalue weighted by molar-refractivity contribution is 0.0233. The normalized spacial score (nSPS) is 23.5. The van der Waals surface area contributed by atoms with Gasteiger partial charge in [0, 0.05) is 18.5 Å². The van der Waals surface area contributed by atoms with Crippen molar-refractivity contribution in [2.24, 2.45) is 0 Å². The van der Waals surface area contributed by atoms with Gasteiger partial charge in [0.05, 0.1) is 0 Å². The zero-order chi connectivity index (χ0) is 14.0. The van der Waals surface area contributed by atoms with Crippen molar-refractivity contribution in [2.45, 2.75) is 51.7 Å². The van der Waals surface area contributed by atoms with E-state index < -0.39 is 5.60 Å². The van der Waals surface area contributed by atoms with Crippen LogP contribution in [0, 0.1) is 0 Å². The molecule has 0 N–H and O–H groups in total. The van der Waals surface area contributed by atoms with E-state index in [2.05, 4.69) is 31.2 Å². The molecule has 104 valence electrons. The van der Waals surface area contributed by atoms with Crippen LogP contribution in [-0.2, 0) is 4.74 Å². The first-order chi connectivity index (χ1) is 8.88. The van der Waals surface area contributed by atoms with Crippen LogP contribution in [0.4, 0.5) is 4.79 Å². The van der Waals surface area contributed by atoms with Crippen molar-refractivity contribution in [2.75, 3.05) is 6.54 Å². The average Bonchev–Trinajstić information content (AvgIpc) is 2.70. The van der Waals surface area contributed by atoms with Crippen LogP contribution in [0.5, 0.6) is 0 Å². The van der Waals surface area contributed by atoms with Gasteiger partial charge in [0.25, 0.3) is 0 Å². The van der Waals surface area contributed by atoms with Gasteiger partial charge in [0.2, 0.25) is 0 Å². The first kappa shape index (κ1) is 13.9. The van der Waals surface area contributed by atoms with Crippen LogP contribution < -0.4 is 0 Å². The Kier molecular flexibility index (Phi) is 3.83. The van der Waals surface area contributed by atoms with E-state index in [-0.39, 0.29) is 12.1 Å². The molecule has 0 spiro atoms. The zero-order valence-corrected chi connectivity index (χ0v) is 12.2. The van der Waals surface area contributed by atoms with Crippen molar-refractivity contribution in [1.82, 2.24) is 4.90 Å². The van der Waals surface area contributed by atoms with E-state index in [9.17, 15) is 4.79 Å². The Balaban J connectivity index is 2.06. The predicted molar refractivity (Wildman–Crippen MR) is 76.2 cm³/mol. The standard InChI is InChI=1S/C16H23NO2/c1-12-14(13-8-6-5-7-9-13)10-11-17(12)15(18)19-16(2,3)4/h5-9,12,14H,10-11H2,1-4H3/t12-,14-/m1/s1. The van der Waals surface area contributed by atoms with Gasteiger partial charge in [-0.15, -0.1) is 0 Å². The number of hydrogen-bond acceptors (Lipinski definition) is 2. The van der Waals surface area contributed by atoms with Crippen molar-refractivity contribution < 1.29 is 9.53 Å². The van der Waals surface area contributed by atoms with Crippen LogP contribution in [0.1, 0.15) is 45.6 Å². The van der Waals surface area contributed by atoms with Crippen LogP contribution in [0.2, 0.25) is 0 Å². The fourth-order valence-corrected chi connectivity index (χ4v) is 2.66. The third kappa shape index (κ3) is 3.28. The molecule has 3 heteroatoms. The molecule has 2 atom stereocenters. The number of hydrogen-bond donors (Lipinski definition) is 0. The number of likely N-dealkylation sites (tertiary alicyclic amines) is 1. The van der Waals surface area contributed by atoms with E-state index in [1.54, 1.807) is 0 Å². The lowest BCUT2D eigenvalue weighted by Crippen LogP contribution is -2.39. The van der Waals surface area contributed by atoms with Crippen LogP contribution in [0.3, 0.4) is 0 Å². The second-order valence-corrected chi connectivity index (χ2v) is 6.22. The molecule has 0 saturated carbocycles. The van der Waals surface area contributed by atoms with Crippen molar-refractivity contribution in [3.63, 3.8) is 0 Å². The van der Waals surface area contributed by atoms with Gasteiger partial charge in [-0.3, -0.25) is 0 Å². The summed E-state index contributed by atoms with van der Waals surface area (Å²) in [7, 11) is 0. The van der Waals surface area contributed by atoms with Crippen LogP contribution in [0.15, 0.2) is 30.3 Å². The lowest BCUT2D eigenvalue weighted by atomic mass is 9.93. The van der Waals surface area contributed by atoms with Crippen molar-refractivity contribution >= 4 is 6.09 Å². The summed E-state index contributed by atoms with van der Waals surface area (Å²) in [5.41, 5.74) is 0.878. The molecular weight excluding hydrogens is 238 g/mol. The molecule has 1 fully saturated rings. The van der Waals surface area contributed by atoms with Gasteiger partial charge in [-0.2, -0.15) is 0 Å². The highest BCUT2D eigenvalue weighted by atomic mass is 16.6. The molecule has 1 aromatic rings. The highest BCUT2D eigenvalue weighted by molar-refractivity contribution is 5.69. The first-order valence-electron chi connectivity index (χ1n) is 6.93. The van der Waals surface area contributed by atoms with Crippen LogP contribution in [0.25, 0.3) is 0 Å². The number of nitrogens with zero attached hydrogens (tertiary/aromatic N) is 1. The third-order valence-corrected chi connectivity index (χ3v) is 3.61. The molecule has 2 rings (SSSR count). The van der Waals surface area contributed by atoms with Crippen molar-refractivity contribution in [3.8, 4) is 0 Å². The van der Waals surface area contributed by atoms with E-state index in [1.165, 1.54) is 5.56 Å². The summed E-state index contributed by atoms with van der Waals surface area (Å²) in [4.78, 5) is 14.0. The molecule has 1 saturated heterocycles. The molecule has 19 heavy (non-hydrogen) atoms. The minimum Gasteiger partial charge on any atom is -0.444 e. The molecule has 0 aliphatic carbocycles. The summed E-state index contributed by atoms with van der Waals surface area (Å²) in [5, 5.41) is 0. The number of amides is 1.